The fourth-order valence-electron chi connectivity index (χ4n) is 5.74. The number of hydrogen-bond donors (Lipinski definition) is 1. The van der Waals surface area contributed by atoms with Crippen molar-refractivity contribution in [1.29, 1.82) is 0 Å². The van der Waals surface area contributed by atoms with Gasteiger partial charge in [-0.1, -0.05) is 42.5 Å². The van der Waals surface area contributed by atoms with E-state index in [0.29, 0.717) is 44.2 Å². The van der Waals surface area contributed by atoms with Crippen LogP contribution in [0.25, 0.3) is 0 Å². The number of aromatic nitrogens is 3. The number of hydrogen-bond acceptors (Lipinski definition) is 7. The highest BCUT2D eigenvalue weighted by atomic mass is 19.4. The second-order valence-electron chi connectivity index (χ2n) is 10.9. The van der Waals surface area contributed by atoms with Crippen molar-refractivity contribution in [1.82, 2.24) is 19.0 Å². The van der Waals surface area contributed by atoms with Gasteiger partial charge in [0.25, 0.3) is 5.56 Å². The van der Waals surface area contributed by atoms with E-state index < -0.39 is 47.0 Å². The lowest BCUT2D eigenvalue weighted by atomic mass is 10.1. The van der Waals surface area contributed by atoms with Gasteiger partial charge in [-0.05, 0) is 30.7 Å². The number of nitrogens with zero attached hydrogens (tertiary/aromatic N) is 5. The molecule has 238 valence electrons. The molecule has 1 atom stereocenters. The topological polar surface area (TPSA) is 98.6 Å². The number of piperazine rings is 1. The van der Waals surface area contributed by atoms with Crippen molar-refractivity contribution in [3.63, 3.8) is 0 Å². The second-order valence-corrected chi connectivity index (χ2v) is 10.9. The molecule has 13 heteroatoms. The summed E-state index contributed by atoms with van der Waals surface area (Å²) in [5.41, 5.74) is 4.94. The quantitative estimate of drug-likeness (QED) is 0.281. The number of benzene rings is 2. The summed E-state index contributed by atoms with van der Waals surface area (Å²) in [5, 5.41) is 0. The minimum atomic E-state index is -4.85. The number of alkyl halides is 3. The zero-order valence-electron chi connectivity index (χ0n) is 24.9. The third-order valence-corrected chi connectivity index (χ3v) is 8.13. The monoisotopic (exact) mass is 626 g/mol. The van der Waals surface area contributed by atoms with Crippen LogP contribution < -0.4 is 26.6 Å². The van der Waals surface area contributed by atoms with Crippen molar-refractivity contribution in [2.75, 3.05) is 38.2 Å². The van der Waals surface area contributed by atoms with Crippen LogP contribution >= 0.6 is 0 Å². The minimum absolute atomic E-state index is 0.147. The molecule has 1 fully saturated rings. The Labute approximate surface area is 257 Å². The van der Waals surface area contributed by atoms with Crippen LogP contribution in [0, 0.1) is 12.7 Å². The lowest BCUT2D eigenvalue weighted by molar-refractivity contribution is -0.138. The molecule has 3 heterocycles. The summed E-state index contributed by atoms with van der Waals surface area (Å²) < 4.78 is 64.0. The van der Waals surface area contributed by atoms with Gasteiger partial charge in [0.05, 0.1) is 25.8 Å². The molecule has 1 aliphatic rings. The lowest BCUT2D eigenvalue weighted by Crippen LogP contribution is -2.51. The average Bonchev–Trinajstić information content (AvgIpc) is 3.03. The molecule has 5 rings (SSSR count). The van der Waals surface area contributed by atoms with Crippen molar-refractivity contribution in [3.8, 4) is 5.88 Å². The van der Waals surface area contributed by atoms with Crippen LogP contribution in [-0.2, 0) is 25.8 Å². The molecule has 4 aromatic rings. The highest BCUT2D eigenvalue weighted by Gasteiger charge is 2.35. The van der Waals surface area contributed by atoms with Crippen molar-refractivity contribution < 1.29 is 22.3 Å². The molecular weight excluding hydrogens is 592 g/mol. The molecule has 0 radical (unpaired) electrons. The molecule has 2 N–H and O–H groups in total. The maximum absolute atomic E-state index is 14.9. The molecule has 2 aromatic carbocycles. The van der Waals surface area contributed by atoms with E-state index in [9.17, 15) is 27.2 Å². The summed E-state index contributed by atoms with van der Waals surface area (Å²) in [4.78, 5) is 36.0. The van der Waals surface area contributed by atoms with Crippen LogP contribution in [0.15, 0.2) is 76.4 Å². The number of nitrogens with two attached hydrogens (primary N) is 1. The maximum atomic E-state index is 14.9. The highest BCUT2D eigenvalue weighted by Crippen LogP contribution is 2.33. The third kappa shape index (κ3) is 6.79. The van der Waals surface area contributed by atoms with Crippen molar-refractivity contribution in [3.05, 3.63) is 121 Å². The Morgan fingerprint density at radius 3 is 2.31 bits per heavy atom. The van der Waals surface area contributed by atoms with Gasteiger partial charge in [0.1, 0.15) is 11.5 Å². The second kappa shape index (κ2) is 13.2. The summed E-state index contributed by atoms with van der Waals surface area (Å²) in [5.74, 6) is -0.581. The normalized spacial score (nSPS) is 14.9. The Bertz CT molecular complexity index is 1770. The number of rotatable bonds is 9. The number of methoxy groups -OCH3 is 1. The SMILES string of the molecule is COc1ncccc1CN1CCN(c2c(C)n(Cc3c(F)cccc3C(F)(F)F)c(=O)n(CC(N)c3ccccc3)c2=O)CC1. The van der Waals surface area contributed by atoms with Gasteiger partial charge < -0.3 is 15.4 Å². The standard InChI is InChI=1S/C32H34F4N6O3/c1-21-28(40-16-14-39(15-17-40)18-23-10-7-13-38-29(23)45-2)30(43)42(20-27(37)22-8-4-3-5-9-22)31(44)41(21)19-24-25(32(34,35)36)11-6-12-26(24)33/h3-13,27H,14-20,37H2,1-2H3. The fraction of sp³-hybridized carbons (Fsp3) is 0.344. The predicted octanol–water partition coefficient (Wildman–Crippen LogP) is 3.95. The van der Waals surface area contributed by atoms with Gasteiger partial charge in [-0.3, -0.25) is 18.8 Å². The van der Waals surface area contributed by atoms with Crippen LogP contribution in [0.4, 0.5) is 23.2 Å². The number of anilines is 1. The lowest BCUT2D eigenvalue weighted by Gasteiger charge is -2.37. The van der Waals surface area contributed by atoms with Crippen LogP contribution in [0.2, 0.25) is 0 Å². The first kappa shape index (κ1) is 31.9. The van der Waals surface area contributed by atoms with E-state index in [1.165, 1.54) is 6.92 Å². The van der Waals surface area contributed by atoms with Gasteiger partial charge >= 0.3 is 11.9 Å². The Balaban J connectivity index is 1.53. The van der Waals surface area contributed by atoms with E-state index in [1.807, 2.05) is 17.0 Å². The fourth-order valence-corrected chi connectivity index (χ4v) is 5.74. The number of pyridine rings is 1. The number of ether oxygens (including phenoxy) is 1. The van der Waals surface area contributed by atoms with Crippen LogP contribution in [0.5, 0.6) is 5.88 Å². The average molecular weight is 627 g/mol. The zero-order chi connectivity index (χ0) is 32.3. The smallest absolute Gasteiger partial charge is 0.416 e. The molecule has 1 aliphatic heterocycles. The van der Waals surface area contributed by atoms with Crippen LogP contribution in [0.1, 0.15) is 34.0 Å². The molecular formula is C32H34F4N6O3. The van der Waals surface area contributed by atoms with E-state index in [2.05, 4.69) is 9.88 Å². The summed E-state index contributed by atoms with van der Waals surface area (Å²) >= 11 is 0. The van der Waals surface area contributed by atoms with E-state index in [-0.39, 0.29) is 17.9 Å². The van der Waals surface area contributed by atoms with Gasteiger partial charge in [0.15, 0.2) is 0 Å². The Kier molecular flexibility index (Phi) is 9.40. The largest absolute Gasteiger partial charge is 0.481 e. The minimum Gasteiger partial charge on any atom is -0.481 e. The van der Waals surface area contributed by atoms with E-state index in [4.69, 9.17) is 10.5 Å². The molecule has 0 aliphatic carbocycles. The third-order valence-electron chi connectivity index (χ3n) is 8.13. The van der Waals surface area contributed by atoms with Crippen LogP contribution in [0.3, 0.4) is 0 Å². The Morgan fingerprint density at radius 2 is 1.64 bits per heavy atom. The maximum Gasteiger partial charge on any atom is 0.416 e. The van der Waals surface area contributed by atoms with Gasteiger partial charge in [0.2, 0.25) is 5.88 Å². The molecule has 1 saturated heterocycles. The summed E-state index contributed by atoms with van der Waals surface area (Å²) in [6.45, 7) is 3.01. The van der Waals surface area contributed by atoms with Crippen LogP contribution in [-0.4, -0.2) is 52.3 Å². The molecule has 0 spiro atoms. The summed E-state index contributed by atoms with van der Waals surface area (Å²) in [6.07, 6.45) is -3.21. The van der Waals surface area contributed by atoms with Gasteiger partial charge in [-0.15, -0.1) is 0 Å². The summed E-state index contributed by atoms with van der Waals surface area (Å²) in [7, 11) is 1.55. The molecule has 0 bridgehead atoms. The van der Waals surface area contributed by atoms with Crippen molar-refractivity contribution in [2.24, 2.45) is 5.73 Å². The highest BCUT2D eigenvalue weighted by molar-refractivity contribution is 5.50. The molecule has 2 aromatic heterocycles. The first-order valence-corrected chi connectivity index (χ1v) is 14.4. The first-order valence-electron chi connectivity index (χ1n) is 14.4. The Hall–Kier alpha value is -4.49. The molecule has 45 heavy (non-hydrogen) atoms. The molecule has 1 unspecified atom stereocenters. The molecule has 0 amide bonds. The van der Waals surface area contributed by atoms with E-state index in [0.717, 1.165) is 32.9 Å². The first-order chi connectivity index (χ1) is 21.5. The Morgan fingerprint density at radius 1 is 0.933 bits per heavy atom. The van der Waals surface area contributed by atoms with Crippen molar-refractivity contribution >= 4 is 5.69 Å². The zero-order valence-corrected chi connectivity index (χ0v) is 24.9. The van der Waals surface area contributed by atoms with E-state index in [1.54, 1.807) is 43.6 Å². The van der Waals surface area contributed by atoms with Crippen molar-refractivity contribution in [2.45, 2.75) is 38.8 Å². The van der Waals surface area contributed by atoms with Gasteiger partial charge in [-0.25, -0.2) is 14.2 Å². The predicted molar refractivity (Wildman–Crippen MR) is 162 cm³/mol. The van der Waals surface area contributed by atoms with Gasteiger partial charge in [-0.2, -0.15) is 13.2 Å². The summed E-state index contributed by atoms with van der Waals surface area (Å²) in [6, 6.07) is 14.5. The molecule has 9 nitrogen and oxygen atoms in total. The molecule has 0 saturated carbocycles. The van der Waals surface area contributed by atoms with Gasteiger partial charge in [0, 0.05) is 61.8 Å². The van der Waals surface area contributed by atoms with E-state index >= 15 is 0 Å². The number of halogens is 4.